The van der Waals surface area contributed by atoms with Gasteiger partial charge >= 0.3 is 6.18 Å². The molecule has 1 aliphatic carbocycles. The summed E-state index contributed by atoms with van der Waals surface area (Å²) < 4.78 is 37.5. The molecule has 0 fully saturated rings. The first-order valence-electron chi connectivity index (χ1n) is 5.54. The van der Waals surface area contributed by atoms with Crippen LogP contribution in [0.4, 0.5) is 13.2 Å². The van der Waals surface area contributed by atoms with Crippen LogP contribution in [0.25, 0.3) is 11.3 Å². The van der Waals surface area contributed by atoms with Crippen LogP contribution < -0.4 is 0 Å². The van der Waals surface area contributed by atoms with Gasteiger partial charge in [-0.3, -0.25) is 0 Å². The lowest BCUT2D eigenvalue weighted by atomic mass is 9.96. The first-order chi connectivity index (χ1) is 7.88. The zero-order chi connectivity index (χ0) is 12.6. The van der Waals surface area contributed by atoms with E-state index in [1.165, 1.54) is 0 Å². The Bertz CT molecular complexity index is 482. The summed E-state index contributed by atoms with van der Waals surface area (Å²) in [5.74, 6) is 0.0839. The molecule has 17 heavy (non-hydrogen) atoms. The fraction of sp³-hybridized carbons (Fsp3) is 0.385. The van der Waals surface area contributed by atoms with Crippen molar-refractivity contribution in [2.75, 3.05) is 0 Å². The Kier molecular flexibility index (Phi) is 2.89. The number of hydrogen-bond acceptors (Lipinski definition) is 0. The van der Waals surface area contributed by atoms with Crippen LogP contribution in [0.2, 0.25) is 0 Å². The molecule has 0 aromatic heterocycles. The lowest BCUT2D eigenvalue weighted by molar-refractivity contribution is -0.127. The molecule has 0 unspecified atom stereocenters. The summed E-state index contributed by atoms with van der Waals surface area (Å²) in [5, 5.41) is 0. The first-order valence-corrected chi connectivity index (χ1v) is 5.54. The molecule has 4 heteroatoms. The van der Waals surface area contributed by atoms with Crippen LogP contribution in [0, 0.1) is 0 Å². The van der Waals surface area contributed by atoms with Crippen molar-refractivity contribution >= 4 is 0 Å². The molecule has 0 saturated heterocycles. The van der Waals surface area contributed by atoms with Gasteiger partial charge in [-0.2, -0.15) is 13.2 Å². The molecule has 2 aliphatic rings. The highest BCUT2D eigenvalue weighted by Crippen LogP contribution is 2.37. The number of rotatable bonds is 2. The van der Waals surface area contributed by atoms with Crippen LogP contribution in [0.15, 0.2) is 24.4 Å². The predicted molar refractivity (Wildman–Crippen MR) is 61.3 cm³/mol. The Morgan fingerprint density at radius 1 is 1.29 bits per heavy atom. The predicted octanol–water partition coefficient (Wildman–Crippen LogP) is 4.35. The van der Waals surface area contributed by atoms with Crippen LogP contribution in [-0.2, 0) is 6.42 Å². The summed E-state index contributed by atoms with van der Waals surface area (Å²) >= 11 is 0. The van der Waals surface area contributed by atoms with E-state index in [0.29, 0.717) is 5.56 Å². The molecule has 0 bridgehead atoms. The van der Waals surface area contributed by atoms with Gasteiger partial charge in [-0.1, -0.05) is 19.9 Å². The first kappa shape index (κ1) is 12.0. The Morgan fingerprint density at radius 2 is 2.00 bits per heavy atom. The molecular weight excluding hydrogens is 227 g/mol. The van der Waals surface area contributed by atoms with Gasteiger partial charge in [-0.05, 0) is 29.2 Å². The van der Waals surface area contributed by atoms with E-state index in [1.807, 2.05) is 26.0 Å². The average molecular weight is 241 g/mol. The van der Waals surface area contributed by atoms with Gasteiger partial charge in [-0.25, -0.2) is 0 Å². The van der Waals surface area contributed by atoms with Crippen molar-refractivity contribution in [1.29, 1.82) is 0 Å². The number of aromatic nitrogens is 1. The van der Waals surface area contributed by atoms with Crippen molar-refractivity contribution in [3.8, 4) is 11.3 Å². The quantitative estimate of drug-likeness (QED) is 0.804. The van der Waals surface area contributed by atoms with Gasteiger partial charge in [0.25, 0.3) is 0 Å². The zero-order valence-electron chi connectivity index (χ0n) is 9.73. The normalized spacial score (nSPS) is 12.6. The Labute approximate surface area is 98.0 Å². The number of alkyl halides is 3. The number of halogens is 3. The Hall–Kier alpha value is -1.45. The molecule has 0 spiro atoms. The van der Waals surface area contributed by atoms with Crippen molar-refractivity contribution in [1.82, 2.24) is 4.98 Å². The minimum Gasteiger partial charge on any atom is -0.361 e. The number of H-pyrrole nitrogens is 1. The van der Waals surface area contributed by atoms with Gasteiger partial charge in [0, 0.05) is 17.5 Å². The lowest BCUT2D eigenvalue weighted by Gasteiger charge is -2.12. The SMILES string of the molecule is CC(C)c1c(CC(F)(F)F)cc2[nH]cccc1-2. The minimum atomic E-state index is -4.16. The summed E-state index contributed by atoms with van der Waals surface area (Å²) in [6.45, 7) is 3.84. The second kappa shape index (κ2) is 4.09. The number of pyridine rings is 1. The van der Waals surface area contributed by atoms with Gasteiger partial charge in [0.15, 0.2) is 0 Å². The van der Waals surface area contributed by atoms with Gasteiger partial charge < -0.3 is 4.98 Å². The molecule has 0 aromatic rings. The van der Waals surface area contributed by atoms with Crippen LogP contribution in [0.3, 0.4) is 0 Å². The molecule has 0 aromatic carbocycles. The van der Waals surface area contributed by atoms with Crippen molar-refractivity contribution < 1.29 is 13.2 Å². The summed E-state index contributed by atoms with van der Waals surface area (Å²) in [6.07, 6.45) is -3.29. The lowest BCUT2D eigenvalue weighted by Crippen LogP contribution is -2.12. The molecule has 1 heterocycles. The monoisotopic (exact) mass is 241 g/mol. The fourth-order valence-electron chi connectivity index (χ4n) is 2.27. The number of aromatic amines is 1. The summed E-state index contributed by atoms with van der Waals surface area (Å²) in [5.41, 5.74) is 2.84. The second-order valence-electron chi connectivity index (χ2n) is 4.53. The van der Waals surface area contributed by atoms with E-state index < -0.39 is 12.6 Å². The average Bonchev–Trinajstić information content (AvgIpc) is 2.51. The molecule has 1 aliphatic heterocycles. The highest BCUT2D eigenvalue weighted by molar-refractivity contribution is 5.71. The van der Waals surface area contributed by atoms with Gasteiger partial charge in [0.1, 0.15) is 0 Å². The third-order valence-electron chi connectivity index (χ3n) is 2.81. The van der Waals surface area contributed by atoms with Crippen LogP contribution >= 0.6 is 0 Å². The van der Waals surface area contributed by atoms with Crippen molar-refractivity contribution in [3.05, 3.63) is 35.5 Å². The van der Waals surface area contributed by atoms with E-state index in [1.54, 1.807) is 12.3 Å². The van der Waals surface area contributed by atoms with E-state index in [2.05, 4.69) is 4.98 Å². The van der Waals surface area contributed by atoms with E-state index in [4.69, 9.17) is 0 Å². The maximum atomic E-state index is 12.5. The van der Waals surface area contributed by atoms with Gasteiger partial charge in [-0.15, -0.1) is 0 Å². The van der Waals surface area contributed by atoms with Crippen molar-refractivity contribution in [2.45, 2.75) is 32.4 Å². The van der Waals surface area contributed by atoms with E-state index >= 15 is 0 Å². The largest absolute Gasteiger partial charge is 0.393 e. The summed E-state index contributed by atoms with van der Waals surface area (Å²) in [6, 6.07) is 5.28. The molecule has 0 atom stereocenters. The number of fused-ring (bicyclic) bond motifs is 1. The third kappa shape index (κ3) is 2.46. The highest BCUT2D eigenvalue weighted by Gasteiger charge is 2.31. The van der Waals surface area contributed by atoms with Crippen LogP contribution in [0.1, 0.15) is 30.9 Å². The molecular formula is C13H14F3N. The fourth-order valence-corrected chi connectivity index (χ4v) is 2.27. The number of hydrogen-bond donors (Lipinski definition) is 1. The van der Waals surface area contributed by atoms with Crippen LogP contribution in [-0.4, -0.2) is 11.2 Å². The molecule has 1 nitrogen and oxygen atoms in total. The molecule has 0 radical (unpaired) electrons. The van der Waals surface area contributed by atoms with Crippen molar-refractivity contribution in [3.63, 3.8) is 0 Å². The van der Waals surface area contributed by atoms with E-state index in [-0.39, 0.29) is 5.92 Å². The maximum Gasteiger partial charge on any atom is 0.393 e. The zero-order valence-corrected chi connectivity index (χ0v) is 9.73. The summed E-state index contributed by atoms with van der Waals surface area (Å²) in [7, 11) is 0. The van der Waals surface area contributed by atoms with Crippen LogP contribution in [0.5, 0.6) is 0 Å². The topological polar surface area (TPSA) is 15.8 Å². The smallest absolute Gasteiger partial charge is 0.361 e. The minimum absolute atomic E-state index is 0.0839. The molecule has 0 amide bonds. The van der Waals surface area contributed by atoms with Crippen molar-refractivity contribution in [2.24, 2.45) is 0 Å². The third-order valence-corrected chi connectivity index (χ3v) is 2.81. The highest BCUT2D eigenvalue weighted by atomic mass is 19.4. The standard InChI is InChI=1S/C13H14F3N/c1-8(2)12-9(7-13(14,15)16)6-11-10(12)4-3-5-17-11/h3-6,8,17H,7H2,1-2H3. The Morgan fingerprint density at radius 3 is 2.59 bits per heavy atom. The van der Waals surface area contributed by atoms with E-state index in [0.717, 1.165) is 16.8 Å². The molecule has 1 N–H and O–H groups in total. The number of nitrogens with one attached hydrogen (secondary N) is 1. The van der Waals surface area contributed by atoms with E-state index in [9.17, 15) is 13.2 Å². The summed E-state index contributed by atoms with van der Waals surface area (Å²) in [4.78, 5) is 2.98. The molecule has 0 saturated carbocycles. The Balaban J connectivity index is 2.54. The molecule has 2 rings (SSSR count). The van der Waals surface area contributed by atoms with Gasteiger partial charge in [0.2, 0.25) is 0 Å². The second-order valence-corrected chi connectivity index (χ2v) is 4.53. The van der Waals surface area contributed by atoms with Gasteiger partial charge in [0.05, 0.1) is 6.42 Å². The molecule has 92 valence electrons. The maximum absolute atomic E-state index is 12.5.